The van der Waals surface area contributed by atoms with Gasteiger partial charge < -0.3 is 10.1 Å². The lowest BCUT2D eigenvalue weighted by atomic mass is 10.2. The molecule has 0 aliphatic heterocycles. The van der Waals surface area contributed by atoms with Crippen LogP contribution in [0.5, 0.6) is 5.75 Å². The molecule has 3 aromatic carbocycles. The first-order valence-corrected chi connectivity index (χ1v) is 10.8. The number of benzene rings is 3. The molecule has 0 radical (unpaired) electrons. The summed E-state index contributed by atoms with van der Waals surface area (Å²) >= 11 is 5.88. The third-order valence-electron chi connectivity index (χ3n) is 4.12. The Hall–Kier alpha value is -3.01. The van der Waals surface area contributed by atoms with Gasteiger partial charge in [0.25, 0.3) is 5.91 Å². The van der Waals surface area contributed by atoms with Crippen molar-refractivity contribution >= 4 is 33.2 Å². The minimum atomic E-state index is -3.85. The Balaban J connectivity index is 1.72. The van der Waals surface area contributed by atoms with Gasteiger partial charge in [0, 0.05) is 17.8 Å². The number of anilines is 1. The highest BCUT2D eigenvalue weighted by molar-refractivity contribution is 7.89. The van der Waals surface area contributed by atoms with Crippen LogP contribution in [0.3, 0.4) is 0 Å². The lowest BCUT2D eigenvalue weighted by Crippen LogP contribution is -2.23. The number of sulfonamides is 1. The van der Waals surface area contributed by atoms with Crippen LogP contribution in [-0.2, 0) is 16.6 Å². The molecule has 0 unspecified atom stereocenters. The lowest BCUT2D eigenvalue weighted by molar-refractivity contribution is -0.0497. The molecule has 10 heteroatoms. The van der Waals surface area contributed by atoms with Crippen molar-refractivity contribution in [3.63, 3.8) is 0 Å². The second-order valence-corrected chi connectivity index (χ2v) is 8.49. The normalized spacial score (nSPS) is 11.4. The average molecular weight is 467 g/mol. The van der Waals surface area contributed by atoms with Gasteiger partial charge in [-0.1, -0.05) is 48.0 Å². The zero-order chi connectivity index (χ0) is 22.4. The first-order valence-electron chi connectivity index (χ1n) is 8.94. The van der Waals surface area contributed by atoms with Gasteiger partial charge in [-0.05, 0) is 42.0 Å². The molecule has 0 spiro atoms. The Labute approximate surface area is 182 Å². The van der Waals surface area contributed by atoms with Gasteiger partial charge in [0.05, 0.1) is 9.92 Å². The van der Waals surface area contributed by atoms with E-state index in [-0.39, 0.29) is 33.5 Å². The molecule has 0 saturated carbocycles. The summed E-state index contributed by atoms with van der Waals surface area (Å²) in [5, 5.41) is 2.42. The van der Waals surface area contributed by atoms with E-state index >= 15 is 0 Å². The number of nitrogens with one attached hydrogen (secondary N) is 2. The summed E-state index contributed by atoms with van der Waals surface area (Å²) in [7, 11) is -3.85. The Kier molecular flexibility index (Phi) is 7.21. The van der Waals surface area contributed by atoms with Crippen molar-refractivity contribution in [3.05, 3.63) is 88.9 Å². The highest BCUT2D eigenvalue weighted by Gasteiger charge is 2.17. The highest BCUT2D eigenvalue weighted by atomic mass is 35.5. The van der Waals surface area contributed by atoms with Gasteiger partial charge >= 0.3 is 6.61 Å². The van der Waals surface area contributed by atoms with Crippen molar-refractivity contribution < 1.29 is 26.7 Å². The molecule has 0 bridgehead atoms. The van der Waals surface area contributed by atoms with E-state index in [4.69, 9.17) is 11.6 Å². The first kappa shape index (κ1) is 22.7. The van der Waals surface area contributed by atoms with Crippen LogP contribution in [0.4, 0.5) is 14.5 Å². The molecule has 2 N–H and O–H groups in total. The molecule has 1 amide bonds. The molecule has 0 fully saturated rings. The molecule has 31 heavy (non-hydrogen) atoms. The lowest BCUT2D eigenvalue weighted by Gasteiger charge is -2.11. The van der Waals surface area contributed by atoms with Gasteiger partial charge in [-0.15, -0.1) is 0 Å². The summed E-state index contributed by atoms with van der Waals surface area (Å²) in [6.07, 6.45) is 0. The third-order valence-corrected chi connectivity index (χ3v) is 5.82. The molecule has 0 heterocycles. The van der Waals surface area contributed by atoms with Crippen molar-refractivity contribution in [2.24, 2.45) is 0 Å². The minimum absolute atomic E-state index is 0.0743. The third kappa shape index (κ3) is 6.24. The van der Waals surface area contributed by atoms with Crippen molar-refractivity contribution in [3.8, 4) is 5.75 Å². The Morgan fingerprint density at radius 3 is 2.42 bits per heavy atom. The Morgan fingerprint density at radius 2 is 1.74 bits per heavy atom. The number of halogens is 3. The number of amides is 1. The van der Waals surface area contributed by atoms with Crippen LogP contribution < -0.4 is 14.8 Å². The molecule has 162 valence electrons. The number of carbonyl (C=O) groups excluding carboxylic acids is 1. The molecule has 3 rings (SSSR count). The molecule has 0 aliphatic rings. The number of hydrogen-bond acceptors (Lipinski definition) is 4. The van der Waals surface area contributed by atoms with Gasteiger partial charge in [-0.2, -0.15) is 8.78 Å². The molecule has 0 atom stereocenters. The summed E-state index contributed by atoms with van der Waals surface area (Å²) in [4.78, 5) is 12.5. The van der Waals surface area contributed by atoms with Crippen LogP contribution in [0.25, 0.3) is 0 Å². The predicted octanol–water partition coefficient (Wildman–Crippen LogP) is 4.67. The molecule has 6 nitrogen and oxygen atoms in total. The molecular formula is C21H17ClF2N2O4S. The fraction of sp³-hybridized carbons (Fsp3) is 0.0952. The maximum absolute atomic E-state index is 12.6. The van der Waals surface area contributed by atoms with E-state index in [2.05, 4.69) is 14.8 Å². The topological polar surface area (TPSA) is 84.5 Å². The summed E-state index contributed by atoms with van der Waals surface area (Å²) in [5.41, 5.74) is 1.11. The van der Waals surface area contributed by atoms with Crippen LogP contribution in [0.1, 0.15) is 15.9 Å². The van der Waals surface area contributed by atoms with Crippen LogP contribution >= 0.6 is 11.6 Å². The van der Waals surface area contributed by atoms with Crippen molar-refractivity contribution in [1.82, 2.24) is 4.72 Å². The summed E-state index contributed by atoms with van der Waals surface area (Å²) in [6.45, 7) is -2.93. The Morgan fingerprint density at radius 1 is 1.00 bits per heavy atom. The molecular weight excluding hydrogens is 450 g/mol. The van der Waals surface area contributed by atoms with Crippen LogP contribution in [0.2, 0.25) is 5.02 Å². The largest absolute Gasteiger partial charge is 0.433 e. The Bertz CT molecular complexity index is 1180. The molecule has 3 aromatic rings. The van der Waals surface area contributed by atoms with E-state index in [9.17, 15) is 22.0 Å². The zero-order valence-corrected chi connectivity index (χ0v) is 17.5. The van der Waals surface area contributed by atoms with E-state index < -0.39 is 22.5 Å². The van der Waals surface area contributed by atoms with Gasteiger partial charge in [0.1, 0.15) is 5.75 Å². The summed E-state index contributed by atoms with van der Waals surface area (Å²) in [5.74, 6) is -0.828. The van der Waals surface area contributed by atoms with E-state index in [0.717, 1.165) is 5.56 Å². The average Bonchev–Trinajstić information content (AvgIpc) is 2.75. The van der Waals surface area contributed by atoms with Crippen LogP contribution in [0.15, 0.2) is 77.7 Å². The number of alkyl halides is 2. The second-order valence-electron chi connectivity index (χ2n) is 6.32. The summed E-state index contributed by atoms with van der Waals surface area (Å²) in [6, 6.07) is 18.3. The van der Waals surface area contributed by atoms with E-state index in [1.807, 2.05) is 6.07 Å². The van der Waals surface area contributed by atoms with Gasteiger partial charge in [0.15, 0.2) is 0 Å². The number of ether oxygens (including phenoxy) is 1. The highest BCUT2D eigenvalue weighted by Crippen LogP contribution is 2.29. The predicted molar refractivity (Wildman–Crippen MR) is 113 cm³/mol. The monoisotopic (exact) mass is 466 g/mol. The fourth-order valence-electron chi connectivity index (χ4n) is 2.64. The maximum atomic E-state index is 12.6. The van der Waals surface area contributed by atoms with E-state index in [1.54, 1.807) is 24.3 Å². The fourth-order valence-corrected chi connectivity index (χ4v) is 3.92. The van der Waals surface area contributed by atoms with Gasteiger partial charge in [0.2, 0.25) is 10.0 Å². The van der Waals surface area contributed by atoms with Crippen molar-refractivity contribution in [2.45, 2.75) is 18.1 Å². The van der Waals surface area contributed by atoms with Crippen molar-refractivity contribution in [2.75, 3.05) is 5.32 Å². The minimum Gasteiger partial charge on any atom is -0.433 e. The second kappa shape index (κ2) is 9.86. The SMILES string of the molecule is O=C(Nc1ccc(OC(F)F)c(Cl)c1)c1cccc(S(=O)(=O)NCc2ccccc2)c1. The summed E-state index contributed by atoms with van der Waals surface area (Å²) < 4.78 is 56.5. The van der Waals surface area contributed by atoms with Crippen molar-refractivity contribution in [1.29, 1.82) is 0 Å². The number of carbonyl (C=O) groups is 1. The van der Waals surface area contributed by atoms with Gasteiger partial charge in [-0.25, -0.2) is 13.1 Å². The molecule has 0 aromatic heterocycles. The zero-order valence-electron chi connectivity index (χ0n) is 15.9. The number of rotatable bonds is 8. The van der Waals surface area contributed by atoms with Crippen LogP contribution in [-0.4, -0.2) is 20.9 Å². The molecule has 0 saturated heterocycles. The molecule has 0 aliphatic carbocycles. The smallest absolute Gasteiger partial charge is 0.387 e. The van der Waals surface area contributed by atoms with Crippen LogP contribution in [0, 0.1) is 0 Å². The van der Waals surface area contributed by atoms with E-state index in [1.165, 1.54) is 42.5 Å². The quantitative estimate of drug-likeness (QED) is 0.505. The first-order chi connectivity index (χ1) is 14.7. The standard InChI is InChI=1S/C21H17ClF2N2O4S/c22-18-12-16(9-10-19(18)30-21(23)24)26-20(27)15-7-4-8-17(11-15)31(28,29)25-13-14-5-2-1-3-6-14/h1-12,21,25H,13H2,(H,26,27). The maximum Gasteiger partial charge on any atom is 0.387 e. The number of hydrogen-bond donors (Lipinski definition) is 2. The van der Waals surface area contributed by atoms with Gasteiger partial charge in [-0.3, -0.25) is 4.79 Å². The van der Waals surface area contributed by atoms with E-state index in [0.29, 0.717) is 0 Å².